The van der Waals surface area contributed by atoms with Crippen LogP contribution in [0.2, 0.25) is 0 Å². The van der Waals surface area contributed by atoms with Gasteiger partial charge in [0.1, 0.15) is 5.75 Å². The van der Waals surface area contributed by atoms with Crippen molar-refractivity contribution in [2.24, 2.45) is 11.8 Å². The van der Waals surface area contributed by atoms with E-state index in [-0.39, 0.29) is 0 Å². The number of hydrogen-bond acceptors (Lipinski definition) is 2. The molecule has 2 heteroatoms. The monoisotopic (exact) mass is 275 g/mol. The van der Waals surface area contributed by atoms with E-state index in [9.17, 15) is 0 Å². The molecular weight excluding hydrogens is 246 g/mol. The molecule has 0 saturated carbocycles. The molecule has 1 saturated heterocycles. The summed E-state index contributed by atoms with van der Waals surface area (Å²) in [7, 11) is 1.77. The van der Waals surface area contributed by atoms with E-state index in [4.69, 9.17) is 4.74 Å². The minimum absolute atomic E-state index is 0.829. The predicted octanol–water partition coefficient (Wildman–Crippen LogP) is 4.52. The van der Waals surface area contributed by atoms with Gasteiger partial charge < -0.3 is 9.64 Å². The third-order valence-electron chi connectivity index (χ3n) is 4.44. The Labute approximate surface area is 124 Å². The van der Waals surface area contributed by atoms with Gasteiger partial charge in [0.15, 0.2) is 0 Å². The zero-order valence-electron chi connectivity index (χ0n) is 13.5. The third kappa shape index (κ3) is 3.68. The van der Waals surface area contributed by atoms with Crippen molar-refractivity contribution in [3.05, 3.63) is 23.8 Å². The minimum atomic E-state index is 0.829. The van der Waals surface area contributed by atoms with Crippen molar-refractivity contribution in [3.8, 4) is 5.75 Å². The predicted molar refractivity (Wildman–Crippen MR) is 86.8 cm³/mol. The van der Waals surface area contributed by atoms with Gasteiger partial charge in [-0.3, -0.25) is 0 Å². The second-order valence-electron chi connectivity index (χ2n) is 6.41. The highest BCUT2D eigenvalue weighted by Crippen LogP contribution is 2.30. The Morgan fingerprint density at radius 2 is 1.95 bits per heavy atom. The molecule has 1 aliphatic heterocycles. The summed E-state index contributed by atoms with van der Waals surface area (Å²) in [5, 5.41) is 0. The van der Waals surface area contributed by atoms with Gasteiger partial charge in [-0.25, -0.2) is 0 Å². The number of benzene rings is 1. The highest BCUT2D eigenvalue weighted by Gasteiger charge is 2.20. The van der Waals surface area contributed by atoms with Crippen LogP contribution in [0, 0.1) is 11.8 Å². The molecule has 0 bridgehead atoms. The topological polar surface area (TPSA) is 12.5 Å². The molecule has 2 rings (SSSR count). The maximum absolute atomic E-state index is 5.51. The van der Waals surface area contributed by atoms with E-state index in [2.05, 4.69) is 43.9 Å². The normalized spacial score (nSPS) is 16.8. The molecule has 0 aromatic heterocycles. The van der Waals surface area contributed by atoms with Crippen molar-refractivity contribution in [1.82, 2.24) is 0 Å². The molecule has 0 amide bonds. The lowest BCUT2D eigenvalue weighted by molar-refractivity contribution is 0.338. The Morgan fingerprint density at radius 1 is 1.25 bits per heavy atom. The number of hydrogen-bond donors (Lipinski definition) is 0. The van der Waals surface area contributed by atoms with Gasteiger partial charge in [0, 0.05) is 24.8 Å². The molecule has 0 atom stereocenters. The number of piperidine rings is 1. The molecule has 1 aromatic rings. The fraction of sp³-hybridized carbons (Fsp3) is 0.667. The Kier molecular flexibility index (Phi) is 5.33. The van der Waals surface area contributed by atoms with E-state index in [1.165, 1.54) is 43.6 Å². The lowest BCUT2D eigenvalue weighted by Gasteiger charge is -2.34. The average molecular weight is 275 g/mol. The van der Waals surface area contributed by atoms with Crippen molar-refractivity contribution in [1.29, 1.82) is 0 Å². The second-order valence-corrected chi connectivity index (χ2v) is 6.41. The van der Waals surface area contributed by atoms with E-state index >= 15 is 0 Å². The first kappa shape index (κ1) is 15.2. The van der Waals surface area contributed by atoms with Gasteiger partial charge in [0.05, 0.1) is 7.11 Å². The summed E-state index contributed by atoms with van der Waals surface area (Å²) in [6.45, 7) is 9.22. The fourth-order valence-corrected chi connectivity index (χ4v) is 3.32. The highest BCUT2D eigenvalue weighted by molar-refractivity contribution is 5.54. The summed E-state index contributed by atoms with van der Waals surface area (Å²) in [6, 6.07) is 6.68. The van der Waals surface area contributed by atoms with Gasteiger partial charge in [-0.15, -0.1) is 0 Å². The zero-order chi connectivity index (χ0) is 14.5. The summed E-state index contributed by atoms with van der Waals surface area (Å²) >= 11 is 0. The SMILES string of the molecule is CCc1ccc(N2CCC(CC(C)C)CC2)cc1OC. The van der Waals surface area contributed by atoms with Crippen molar-refractivity contribution >= 4 is 5.69 Å². The summed E-state index contributed by atoms with van der Waals surface area (Å²) in [5.74, 6) is 2.79. The highest BCUT2D eigenvalue weighted by atomic mass is 16.5. The van der Waals surface area contributed by atoms with E-state index in [0.29, 0.717) is 0 Å². The van der Waals surface area contributed by atoms with Crippen LogP contribution in [-0.2, 0) is 6.42 Å². The van der Waals surface area contributed by atoms with Crippen LogP contribution in [-0.4, -0.2) is 20.2 Å². The van der Waals surface area contributed by atoms with Crippen LogP contribution in [0.4, 0.5) is 5.69 Å². The van der Waals surface area contributed by atoms with Crippen LogP contribution in [0.5, 0.6) is 5.75 Å². The number of aryl methyl sites for hydroxylation is 1. The Balaban J connectivity index is 2.00. The first-order valence-corrected chi connectivity index (χ1v) is 8.05. The lowest BCUT2D eigenvalue weighted by atomic mass is 9.88. The number of methoxy groups -OCH3 is 1. The first-order valence-electron chi connectivity index (χ1n) is 8.05. The fourth-order valence-electron chi connectivity index (χ4n) is 3.32. The van der Waals surface area contributed by atoms with Crippen molar-refractivity contribution in [2.45, 2.75) is 46.5 Å². The summed E-state index contributed by atoms with van der Waals surface area (Å²) < 4.78 is 5.51. The first-order chi connectivity index (χ1) is 9.63. The van der Waals surface area contributed by atoms with Crippen LogP contribution >= 0.6 is 0 Å². The zero-order valence-corrected chi connectivity index (χ0v) is 13.5. The van der Waals surface area contributed by atoms with E-state index < -0.39 is 0 Å². The van der Waals surface area contributed by atoms with Crippen LogP contribution < -0.4 is 9.64 Å². The van der Waals surface area contributed by atoms with Crippen LogP contribution in [0.25, 0.3) is 0 Å². The Hall–Kier alpha value is -1.18. The molecule has 0 aliphatic carbocycles. The third-order valence-corrected chi connectivity index (χ3v) is 4.44. The largest absolute Gasteiger partial charge is 0.496 e. The molecule has 20 heavy (non-hydrogen) atoms. The van der Waals surface area contributed by atoms with Crippen molar-refractivity contribution in [3.63, 3.8) is 0 Å². The maximum Gasteiger partial charge on any atom is 0.124 e. The van der Waals surface area contributed by atoms with Gasteiger partial charge in [-0.2, -0.15) is 0 Å². The van der Waals surface area contributed by atoms with Gasteiger partial charge in [-0.1, -0.05) is 26.8 Å². The smallest absolute Gasteiger partial charge is 0.124 e. The lowest BCUT2D eigenvalue weighted by Crippen LogP contribution is -2.34. The molecular formula is C18H29NO. The second kappa shape index (κ2) is 7.01. The van der Waals surface area contributed by atoms with E-state index in [1.54, 1.807) is 7.11 Å². The van der Waals surface area contributed by atoms with Crippen LogP contribution in [0.15, 0.2) is 18.2 Å². The molecule has 0 N–H and O–H groups in total. The number of anilines is 1. The molecule has 1 fully saturated rings. The van der Waals surface area contributed by atoms with Gasteiger partial charge in [0.2, 0.25) is 0 Å². The molecule has 1 aromatic carbocycles. The standard InChI is InChI=1S/C18H29NO/c1-5-16-6-7-17(13-18(16)20-4)19-10-8-15(9-11-19)12-14(2)3/h6-7,13-15H,5,8-12H2,1-4H3. The Morgan fingerprint density at radius 3 is 2.50 bits per heavy atom. The molecule has 0 spiro atoms. The molecule has 1 aliphatic rings. The van der Waals surface area contributed by atoms with Gasteiger partial charge in [0.25, 0.3) is 0 Å². The van der Waals surface area contributed by atoms with E-state index in [1.807, 2.05) is 0 Å². The average Bonchev–Trinajstić information content (AvgIpc) is 2.46. The molecule has 0 radical (unpaired) electrons. The molecule has 1 heterocycles. The van der Waals surface area contributed by atoms with Crippen molar-refractivity contribution in [2.75, 3.05) is 25.1 Å². The molecule has 0 unspecified atom stereocenters. The van der Waals surface area contributed by atoms with Crippen molar-refractivity contribution < 1.29 is 4.74 Å². The molecule has 2 nitrogen and oxygen atoms in total. The quantitative estimate of drug-likeness (QED) is 0.783. The maximum atomic E-state index is 5.51. The minimum Gasteiger partial charge on any atom is -0.496 e. The van der Waals surface area contributed by atoms with Gasteiger partial charge >= 0.3 is 0 Å². The number of rotatable bonds is 5. The summed E-state index contributed by atoms with van der Waals surface area (Å²) in [6.07, 6.45) is 5.07. The van der Waals surface area contributed by atoms with Crippen LogP contribution in [0.1, 0.15) is 45.6 Å². The van der Waals surface area contributed by atoms with Crippen LogP contribution in [0.3, 0.4) is 0 Å². The van der Waals surface area contributed by atoms with Gasteiger partial charge in [-0.05, 0) is 49.1 Å². The summed E-state index contributed by atoms with van der Waals surface area (Å²) in [4.78, 5) is 2.51. The Bertz CT molecular complexity index is 419. The number of ether oxygens (including phenoxy) is 1. The van der Waals surface area contributed by atoms with E-state index in [0.717, 1.165) is 24.0 Å². The summed E-state index contributed by atoms with van der Waals surface area (Å²) in [5.41, 5.74) is 2.62. The molecule has 112 valence electrons. The number of nitrogens with zero attached hydrogens (tertiary/aromatic N) is 1.